The standard InChI is InChI=1S/C13H16N4/c1-2-8-12(14-9-5-1)17-13-15-10-6-3-4-7-11(10)16-13/h3-4,6-7H,1-2,5,8-9H2,(H2,14,15,16,17). The van der Waals surface area contributed by atoms with E-state index in [0.29, 0.717) is 0 Å². The molecule has 0 aliphatic carbocycles. The first-order valence-corrected chi connectivity index (χ1v) is 6.17. The van der Waals surface area contributed by atoms with Crippen molar-refractivity contribution >= 4 is 22.8 Å². The number of benzene rings is 1. The molecule has 0 fully saturated rings. The largest absolute Gasteiger partial charge is 0.324 e. The van der Waals surface area contributed by atoms with Crippen molar-refractivity contribution in [3.8, 4) is 0 Å². The van der Waals surface area contributed by atoms with Crippen LogP contribution in [-0.4, -0.2) is 22.3 Å². The van der Waals surface area contributed by atoms with Crippen LogP contribution in [0, 0.1) is 0 Å². The van der Waals surface area contributed by atoms with Crippen LogP contribution in [-0.2, 0) is 0 Å². The number of fused-ring (bicyclic) bond motifs is 1. The summed E-state index contributed by atoms with van der Waals surface area (Å²) >= 11 is 0. The van der Waals surface area contributed by atoms with Gasteiger partial charge in [-0.05, 0) is 25.0 Å². The predicted octanol–water partition coefficient (Wildman–Crippen LogP) is 2.95. The summed E-state index contributed by atoms with van der Waals surface area (Å²) < 4.78 is 0. The van der Waals surface area contributed by atoms with E-state index in [1.54, 1.807) is 0 Å². The number of aromatic amines is 1. The molecule has 0 unspecified atom stereocenters. The number of aromatic nitrogens is 2. The van der Waals surface area contributed by atoms with Crippen LogP contribution in [0.25, 0.3) is 11.0 Å². The number of hydrogen-bond acceptors (Lipinski definition) is 3. The molecular formula is C13H16N4. The van der Waals surface area contributed by atoms with Gasteiger partial charge in [0.1, 0.15) is 5.84 Å². The van der Waals surface area contributed by atoms with Crippen molar-refractivity contribution in [3.63, 3.8) is 0 Å². The second-order valence-electron chi connectivity index (χ2n) is 4.37. The summed E-state index contributed by atoms with van der Waals surface area (Å²) in [6.07, 6.45) is 4.71. The summed E-state index contributed by atoms with van der Waals surface area (Å²) in [6, 6.07) is 8.04. The molecular weight excluding hydrogens is 212 g/mol. The fourth-order valence-electron chi connectivity index (χ4n) is 2.12. The molecule has 0 saturated heterocycles. The SMILES string of the molecule is c1ccc2[nH]c(NC3=NCCCCC3)nc2c1. The van der Waals surface area contributed by atoms with Gasteiger partial charge in [0.25, 0.3) is 0 Å². The van der Waals surface area contributed by atoms with Crippen LogP contribution in [0.15, 0.2) is 29.3 Å². The van der Waals surface area contributed by atoms with Gasteiger partial charge < -0.3 is 10.3 Å². The van der Waals surface area contributed by atoms with Gasteiger partial charge >= 0.3 is 0 Å². The Morgan fingerprint density at radius 1 is 1.12 bits per heavy atom. The Hall–Kier alpha value is -1.84. The molecule has 4 nitrogen and oxygen atoms in total. The third-order valence-corrected chi connectivity index (χ3v) is 3.03. The van der Waals surface area contributed by atoms with Crippen molar-refractivity contribution in [1.82, 2.24) is 9.97 Å². The van der Waals surface area contributed by atoms with Crippen LogP contribution in [0.4, 0.5) is 5.95 Å². The van der Waals surface area contributed by atoms with Crippen LogP contribution in [0.1, 0.15) is 25.7 Å². The monoisotopic (exact) mass is 228 g/mol. The third-order valence-electron chi connectivity index (χ3n) is 3.03. The van der Waals surface area contributed by atoms with E-state index >= 15 is 0 Å². The van der Waals surface area contributed by atoms with E-state index in [1.165, 1.54) is 19.3 Å². The lowest BCUT2D eigenvalue weighted by Crippen LogP contribution is -2.12. The van der Waals surface area contributed by atoms with Gasteiger partial charge in [-0.15, -0.1) is 0 Å². The summed E-state index contributed by atoms with van der Waals surface area (Å²) in [5.74, 6) is 1.86. The molecule has 88 valence electrons. The number of amidine groups is 1. The number of hydrogen-bond donors (Lipinski definition) is 2. The highest BCUT2D eigenvalue weighted by atomic mass is 15.2. The van der Waals surface area contributed by atoms with Crippen molar-refractivity contribution in [1.29, 1.82) is 0 Å². The normalized spacial score (nSPS) is 16.6. The van der Waals surface area contributed by atoms with Crippen LogP contribution < -0.4 is 5.32 Å². The summed E-state index contributed by atoms with van der Waals surface area (Å²) in [6.45, 7) is 0.933. The van der Waals surface area contributed by atoms with Gasteiger partial charge in [0.05, 0.1) is 11.0 Å². The molecule has 1 aliphatic heterocycles. The molecule has 0 bridgehead atoms. The zero-order chi connectivity index (χ0) is 11.5. The lowest BCUT2D eigenvalue weighted by Gasteiger charge is -2.03. The molecule has 2 aromatic rings. The number of para-hydroxylation sites is 2. The van der Waals surface area contributed by atoms with Gasteiger partial charge in [0.15, 0.2) is 0 Å². The lowest BCUT2D eigenvalue weighted by molar-refractivity contribution is 0.731. The maximum Gasteiger partial charge on any atom is 0.206 e. The molecule has 1 aromatic heterocycles. The van der Waals surface area contributed by atoms with Crippen LogP contribution in [0.5, 0.6) is 0 Å². The number of anilines is 1. The van der Waals surface area contributed by atoms with E-state index < -0.39 is 0 Å². The highest BCUT2D eigenvalue weighted by Crippen LogP contribution is 2.15. The molecule has 3 rings (SSSR count). The first-order chi connectivity index (χ1) is 8.42. The van der Waals surface area contributed by atoms with Crippen molar-refractivity contribution in [2.75, 3.05) is 11.9 Å². The molecule has 2 heterocycles. The van der Waals surface area contributed by atoms with E-state index in [-0.39, 0.29) is 0 Å². The molecule has 0 atom stereocenters. The number of rotatable bonds is 1. The van der Waals surface area contributed by atoms with Crippen LogP contribution in [0.3, 0.4) is 0 Å². The summed E-state index contributed by atoms with van der Waals surface area (Å²) in [7, 11) is 0. The highest BCUT2D eigenvalue weighted by Gasteiger charge is 2.07. The van der Waals surface area contributed by atoms with Gasteiger partial charge in [-0.25, -0.2) is 4.98 Å². The Balaban J connectivity index is 1.82. The quantitative estimate of drug-likeness (QED) is 0.788. The molecule has 17 heavy (non-hydrogen) atoms. The minimum absolute atomic E-state index is 0.798. The lowest BCUT2D eigenvalue weighted by atomic mass is 10.2. The van der Waals surface area contributed by atoms with Crippen molar-refractivity contribution in [3.05, 3.63) is 24.3 Å². The predicted molar refractivity (Wildman–Crippen MR) is 70.5 cm³/mol. The van der Waals surface area contributed by atoms with Gasteiger partial charge in [-0.1, -0.05) is 18.6 Å². The fourth-order valence-corrected chi connectivity index (χ4v) is 2.12. The summed E-state index contributed by atoms with van der Waals surface area (Å²) in [4.78, 5) is 12.3. The molecule has 1 aromatic carbocycles. The maximum atomic E-state index is 4.53. The first kappa shape index (κ1) is 10.3. The molecule has 2 N–H and O–H groups in total. The van der Waals surface area contributed by atoms with E-state index in [9.17, 15) is 0 Å². The smallest absolute Gasteiger partial charge is 0.206 e. The van der Waals surface area contributed by atoms with Gasteiger partial charge in [0.2, 0.25) is 5.95 Å². The van der Waals surface area contributed by atoms with Crippen molar-refractivity contribution < 1.29 is 0 Å². The Kier molecular flexibility index (Phi) is 2.78. The molecule has 0 radical (unpaired) electrons. The Bertz CT molecular complexity index is 508. The second-order valence-corrected chi connectivity index (χ2v) is 4.37. The topological polar surface area (TPSA) is 53.1 Å². The van der Waals surface area contributed by atoms with Crippen molar-refractivity contribution in [2.45, 2.75) is 25.7 Å². The van der Waals surface area contributed by atoms with Crippen LogP contribution in [0.2, 0.25) is 0 Å². The van der Waals surface area contributed by atoms with Gasteiger partial charge in [-0.3, -0.25) is 4.99 Å². The Labute approximate surface area is 100 Å². The third kappa shape index (κ3) is 2.30. The minimum atomic E-state index is 0.798. The molecule has 1 aliphatic rings. The number of H-pyrrole nitrogens is 1. The molecule has 0 saturated carbocycles. The zero-order valence-corrected chi connectivity index (χ0v) is 9.74. The van der Waals surface area contributed by atoms with Gasteiger partial charge in [0, 0.05) is 13.0 Å². The van der Waals surface area contributed by atoms with E-state index in [1.807, 2.05) is 24.3 Å². The summed E-state index contributed by atoms with van der Waals surface area (Å²) in [5, 5.41) is 3.29. The number of aliphatic imine (C=N–C) groups is 1. The van der Waals surface area contributed by atoms with Crippen LogP contribution >= 0.6 is 0 Å². The average Bonchev–Trinajstić information content (AvgIpc) is 2.57. The minimum Gasteiger partial charge on any atom is -0.324 e. The fraction of sp³-hybridized carbons (Fsp3) is 0.385. The summed E-state index contributed by atoms with van der Waals surface area (Å²) in [5.41, 5.74) is 2.05. The van der Waals surface area contributed by atoms with Gasteiger partial charge in [-0.2, -0.15) is 0 Å². The highest BCUT2D eigenvalue weighted by molar-refractivity contribution is 5.95. The molecule has 0 amide bonds. The Morgan fingerprint density at radius 3 is 3.00 bits per heavy atom. The second kappa shape index (κ2) is 4.57. The van der Waals surface area contributed by atoms with E-state index in [2.05, 4.69) is 20.3 Å². The molecule has 4 heteroatoms. The number of nitrogens with one attached hydrogen (secondary N) is 2. The van der Waals surface area contributed by atoms with E-state index in [0.717, 1.165) is 35.8 Å². The van der Waals surface area contributed by atoms with Crippen molar-refractivity contribution in [2.24, 2.45) is 4.99 Å². The number of nitrogens with zero attached hydrogens (tertiary/aromatic N) is 2. The maximum absolute atomic E-state index is 4.53. The average molecular weight is 228 g/mol. The number of imidazole rings is 1. The first-order valence-electron chi connectivity index (χ1n) is 6.17. The zero-order valence-electron chi connectivity index (χ0n) is 9.74. The Morgan fingerprint density at radius 2 is 2.06 bits per heavy atom. The van der Waals surface area contributed by atoms with E-state index in [4.69, 9.17) is 0 Å². The molecule has 0 spiro atoms.